The van der Waals surface area contributed by atoms with Crippen LogP contribution in [0.2, 0.25) is 0 Å². The number of rotatable bonds is 2. The fraction of sp³-hybridized carbons (Fsp3) is 0.429. The van der Waals surface area contributed by atoms with Crippen molar-refractivity contribution in [2.75, 3.05) is 12.8 Å². The van der Waals surface area contributed by atoms with Crippen LogP contribution in [0.1, 0.15) is 18.2 Å². The first kappa shape index (κ1) is 8.99. The molecule has 0 spiro atoms. The lowest BCUT2D eigenvalue weighted by Gasteiger charge is -1.97. The molecule has 0 aliphatic heterocycles. The first-order chi connectivity index (χ1) is 5.66. The smallest absolute Gasteiger partial charge is 0.116 e. The number of nitrogen functional groups attached to an aromatic ring is 1. The van der Waals surface area contributed by atoms with Crippen molar-refractivity contribution >= 4 is 22.2 Å². The molecule has 0 amide bonds. The number of nitrogens with two attached hydrogens (primary N) is 1. The third-order valence-corrected chi connectivity index (χ3v) is 2.25. The van der Waals surface area contributed by atoms with Gasteiger partial charge in [0.05, 0.1) is 17.0 Å². The Morgan fingerprint density at radius 1 is 1.67 bits per heavy atom. The van der Waals surface area contributed by atoms with Crippen LogP contribution in [0.15, 0.2) is 5.16 Å². The Balaban J connectivity index is 3.09. The van der Waals surface area contributed by atoms with E-state index in [1.807, 2.05) is 13.8 Å². The van der Waals surface area contributed by atoms with Crippen LogP contribution in [0, 0.1) is 6.92 Å². The molecule has 2 N–H and O–H groups in total. The van der Waals surface area contributed by atoms with Crippen LogP contribution in [0.5, 0.6) is 0 Å². The highest BCUT2D eigenvalue weighted by atomic mass is 32.1. The molecule has 0 unspecified atom stereocenters. The van der Waals surface area contributed by atoms with Crippen molar-refractivity contribution in [2.45, 2.75) is 13.8 Å². The van der Waals surface area contributed by atoms with E-state index in [4.69, 9.17) is 5.73 Å². The summed E-state index contributed by atoms with van der Waals surface area (Å²) in [5.41, 5.74) is 8.25. The second-order valence-corrected chi connectivity index (χ2v) is 3.17. The first-order valence-electron chi connectivity index (χ1n) is 3.46. The van der Waals surface area contributed by atoms with Gasteiger partial charge in [0.1, 0.15) is 12.1 Å². The third kappa shape index (κ3) is 1.55. The van der Waals surface area contributed by atoms with Crippen LogP contribution in [-0.2, 0) is 4.84 Å². The van der Waals surface area contributed by atoms with E-state index in [1.54, 1.807) is 0 Å². The SMILES string of the molecule is CO/N=C(\C)c1c(C)nsc1N. The zero-order valence-corrected chi connectivity index (χ0v) is 8.10. The fourth-order valence-corrected chi connectivity index (χ4v) is 1.72. The lowest BCUT2D eigenvalue weighted by molar-refractivity contribution is 0.213. The molecule has 0 aliphatic carbocycles. The minimum atomic E-state index is 0.686. The van der Waals surface area contributed by atoms with E-state index >= 15 is 0 Å². The van der Waals surface area contributed by atoms with Crippen LogP contribution in [0.3, 0.4) is 0 Å². The van der Waals surface area contributed by atoms with E-state index in [9.17, 15) is 0 Å². The molecule has 5 heteroatoms. The Labute approximate surface area is 75.2 Å². The van der Waals surface area contributed by atoms with Gasteiger partial charge in [0, 0.05) is 0 Å². The Kier molecular flexibility index (Phi) is 2.65. The van der Waals surface area contributed by atoms with Crippen LogP contribution in [0.4, 0.5) is 5.00 Å². The molecule has 0 fully saturated rings. The Hall–Kier alpha value is -1.10. The van der Waals surface area contributed by atoms with Gasteiger partial charge in [0.25, 0.3) is 0 Å². The highest BCUT2D eigenvalue weighted by molar-refractivity contribution is 7.10. The number of oxime groups is 1. The number of hydrogen-bond donors (Lipinski definition) is 1. The van der Waals surface area contributed by atoms with Gasteiger partial charge in [-0.2, -0.15) is 4.37 Å². The van der Waals surface area contributed by atoms with E-state index in [2.05, 4.69) is 14.4 Å². The van der Waals surface area contributed by atoms with E-state index in [1.165, 1.54) is 18.6 Å². The van der Waals surface area contributed by atoms with Gasteiger partial charge in [0.15, 0.2) is 0 Å². The van der Waals surface area contributed by atoms with Gasteiger partial charge in [-0.25, -0.2) is 0 Å². The molecule has 0 saturated carbocycles. The standard InChI is InChI=1S/C7H11N3OS/c1-4(9-11-3)6-5(2)10-12-7(6)8/h8H2,1-3H3/b9-4+. The normalized spacial score (nSPS) is 11.8. The van der Waals surface area contributed by atoms with E-state index < -0.39 is 0 Å². The summed E-state index contributed by atoms with van der Waals surface area (Å²) >= 11 is 1.28. The van der Waals surface area contributed by atoms with Crippen molar-refractivity contribution in [3.8, 4) is 0 Å². The molecular formula is C7H11N3OS. The Morgan fingerprint density at radius 3 is 2.75 bits per heavy atom. The zero-order chi connectivity index (χ0) is 9.14. The van der Waals surface area contributed by atoms with Crippen LogP contribution in [-0.4, -0.2) is 17.2 Å². The monoisotopic (exact) mass is 185 g/mol. The van der Waals surface area contributed by atoms with Crippen molar-refractivity contribution in [1.29, 1.82) is 0 Å². The maximum Gasteiger partial charge on any atom is 0.116 e. The molecule has 66 valence electrons. The molecule has 0 atom stereocenters. The Bertz CT molecular complexity index is 286. The van der Waals surface area contributed by atoms with Gasteiger partial charge in [0.2, 0.25) is 0 Å². The molecule has 12 heavy (non-hydrogen) atoms. The Morgan fingerprint density at radius 2 is 2.33 bits per heavy atom. The van der Waals surface area contributed by atoms with Crippen molar-refractivity contribution < 1.29 is 4.84 Å². The molecule has 1 rings (SSSR count). The predicted octanol–water partition coefficient (Wildman–Crippen LogP) is 1.40. The number of hydrogen-bond acceptors (Lipinski definition) is 5. The van der Waals surface area contributed by atoms with E-state index in [-0.39, 0.29) is 0 Å². The number of nitrogens with zero attached hydrogens (tertiary/aromatic N) is 2. The summed E-state index contributed by atoms with van der Waals surface area (Å²) in [7, 11) is 1.51. The highest BCUT2D eigenvalue weighted by Gasteiger charge is 2.10. The summed E-state index contributed by atoms with van der Waals surface area (Å²) in [4.78, 5) is 4.65. The first-order valence-corrected chi connectivity index (χ1v) is 4.24. The predicted molar refractivity (Wildman–Crippen MR) is 50.5 cm³/mol. The summed E-state index contributed by atoms with van der Waals surface area (Å²) in [6.45, 7) is 3.74. The molecule has 1 aromatic heterocycles. The maximum atomic E-state index is 5.69. The van der Waals surface area contributed by atoms with Gasteiger partial charge in [-0.05, 0) is 25.4 Å². The molecule has 0 aromatic carbocycles. The van der Waals surface area contributed by atoms with Crippen LogP contribution in [0.25, 0.3) is 0 Å². The van der Waals surface area contributed by atoms with Crippen molar-refractivity contribution in [3.05, 3.63) is 11.3 Å². The van der Waals surface area contributed by atoms with Gasteiger partial charge < -0.3 is 10.6 Å². The van der Waals surface area contributed by atoms with E-state index in [0.29, 0.717) is 5.00 Å². The molecule has 0 aliphatic rings. The molecule has 1 heterocycles. The summed E-state index contributed by atoms with van der Waals surface area (Å²) in [6.07, 6.45) is 0. The van der Waals surface area contributed by atoms with Gasteiger partial charge in [-0.1, -0.05) is 5.16 Å². The topological polar surface area (TPSA) is 60.5 Å². The average Bonchev–Trinajstić information content (AvgIpc) is 2.32. The van der Waals surface area contributed by atoms with Gasteiger partial charge in [-0.15, -0.1) is 0 Å². The quantitative estimate of drug-likeness (QED) is 0.559. The number of anilines is 1. The van der Waals surface area contributed by atoms with Crippen molar-refractivity contribution in [1.82, 2.24) is 4.37 Å². The molecule has 4 nitrogen and oxygen atoms in total. The second-order valence-electron chi connectivity index (χ2n) is 2.37. The molecule has 1 aromatic rings. The maximum absolute atomic E-state index is 5.69. The van der Waals surface area contributed by atoms with Crippen LogP contribution >= 0.6 is 11.5 Å². The highest BCUT2D eigenvalue weighted by Crippen LogP contribution is 2.21. The fourth-order valence-electron chi connectivity index (χ4n) is 1.01. The largest absolute Gasteiger partial charge is 0.399 e. The number of aromatic nitrogens is 1. The van der Waals surface area contributed by atoms with Crippen LogP contribution < -0.4 is 5.73 Å². The number of aryl methyl sites for hydroxylation is 1. The third-order valence-electron chi connectivity index (χ3n) is 1.48. The van der Waals surface area contributed by atoms with Gasteiger partial charge in [-0.3, -0.25) is 0 Å². The summed E-state index contributed by atoms with van der Waals surface area (Å²) in [6, 6.07) is 0. The zero-order valence-electron chi connectivity index (χ0n) is 7.29. The summed E-state index contributed by atoms with van der Waals surface area (Å²) in [5.74, 6) is 0. The van der Waals surface area contributed by atoms with Crippen molar-refractivity contribution in [3.63, 3.8) is 0 Å². The lowest BCUT2D eigenvalue weighted by Crippen LogP contribution is -1.99. The molecule has 0 bridgehead atoms. The van der Waals surface area contributed by atoms with Gasteiger partial charge >= 0.3 is 0 Å². The van der Waals surface area contributed by atoms with Crippen molar-refractivity contribution in [2.24, 2.45) is 5.16 Å². The summed E-state index contributed by atoms with van der Waals surface area (Å²) in [5, 5.41) is 4.48. The minimum absolute atomic E-state index is 0.686. The molecule has 0 saturated heterocycles. The average molecular weight is 185 g/mol. The lowest BCUT2D eigenvalue weighted by atomic mass is 10.2. The van der Waals surface area contributed by atoms with E-state index in [0.717, 1.165) is 17.0 Å². The minimum Gasteiger partial charge on any atom is -0.399 e. The molecule has 0 radical (unpaired) electrons. The second kappa shape index (κ2) is 3.53. The summed E-state index contributed by atoms with van der Waals surface area (Å²) < 4.78 is 4.10. The molecular weight excluding hydrogens is 174 g/mol.